The topological polar surface area (TPSA) is 115 Å². The second kappa shape index (κ2) is 8.69. The van der Waals surface area contributed by atoms with E-state index in [1.54, 1.807) is 78.3 Å². The first kappa shape index (κ1) is 24.0. The zero-order valence-corrected chi connectivity index (χ0v) is 19.9. The van der Waals surface area contributed by atoms with Crippen LogP contribution >= 0.6 is 0 Å². The van der Waals surface area contributed by atoms with Crippen LogP contribution in [0, 0.1) is 5.41 Å². The lowest BCUT2D eigenvalue weighted by molar-refractivity contribution is -0.124. The second-order valence-electron chi connectivity index (χ2n) is 9.85. The van der Waals surface area contributed by atoms with Crippen LogP contribution < -0.4 is 11.1 Å². The van der Waals surface area contributed by atoms with Gasteiger partial charge in [0, 0.05) is 29.9 Å². The van der Waals surface area contributed by atoms with Crippen molar-refractivity contribution < 1.29 is 19.1 Å². The molecule has 0 spiro atoms. The number of Topliss-reactive ketones (excluding diaryl/α,β-unsaturated/α-hetero) is 1. The van der Waals surface area contributed by atoms with E-state index in [0.29, 0.717) is 17.7 Å². The van der Waals surface area contributed by atoms with Crippen LogP contribution in [-0.4, -0.2) is 39.8 Å². The third-order valence-corrected chi connectivity index (χ3v) is 4.97. The van der Waals surface area contributed by atoms with Gasteiger partial charge in [0.25, 0.3) is 5.91 Å². The molecule has 0 aliphatic carbocycles. The van der Waals surface area contributed by atoms with Crippen molar-refractivity contribution in [2.75, 3.05) is 6.54 Å². The number of nitrogens with zero attached hydrogens (tertiary/aromatic N) is 2. The van der Waals surface area contributed by atoms with E-state index in [2.05, 4.69) is 10.3 Å². The third kappa shape index (κ3) is 4.89. The fourth-order valence-electron chi connectivity index (χ4n) is 3.46. The first-order chi connectivity index (χ1) is 15.3. The van der Waals surface area contributed by atoms with Gasteiger partial charge >= 0.3 is 6.09 Å². The van der Waals surface area contributed by atoms with Gasteiger partial charge in [-0.05, 0) is 50.8 Å². The fraction of sp³-hybridized carbons (Fsp3) is 0.360. The highest BCUT2D eigenvalue weighted by Gasteiger charge is 2.47. The highest BCUT2D eigenvalue weighted by molar-refractivity contribution is 6.24. The number of hydrogen-bond acceptors (Lipinski definition) is 7. The van der Waals surface area contributed by atoms with Gasteiger partial charge in [-0.3, -0.25) is 14.6 Å². The van der Waals surface area contributed by atoms with Crippen molar-refractivity contribution in [1.29, 1.82) is 0 Å². The van der Waals surface area contributed by atoms with Crippen LogP contribution in [0.15, 0.2) is 65.3 Å². The summed E-state index contributed by atoms with van der Waals surface area (Å²) in [4.78, 5) is 45.6. The van der Waals surface area contributed by atoms with E-state index < -0.39 is 23.0 Å². The Bertz CT molecular complexity index is 1110. The Morgan fingerprint density at radius 3 is 2.27 bits per heavy atom. The quantitative estimate of drug-likeness (QED) is 0.678. The summed E-state index contributed by atoms with van der Waals surface area (Å²) in [6.45, 7) is 10.9. The number of ketones is 1. The predicted octanol–water partition coefficient (Wildman–Crippen LogP) is 3.44. The average molecular weight is 451 g/mol. The zero-order chi connectivity index (χ0) is 24.6. The summed E-state index contributed by atoms with van der Waals surface area (Å²) < 4.78 is 5.54. The molecule has 3 rings (SSSR count). The standard InChI is InChI=1S/C25H30N4O4/c1-24(2,3)21(30)18-17(19(26)15-7-11-27-12-8-15)22(31)29(23(32)33-25(4,5)6)20(18)16-9-13-28-14-10-16/h7-13,28H,14,26H2,1-6H3/b19-17+. The molecule has 8 nitrogen and oxygen atoms in total. The number of carbonyl (C=O) groups is 3. The molecular weight excluding hydrogens is 420 g/mol. The molecule has 0 bridgehead atoms. The highest BCUT2D eigenvalue weighted by Crippen LogP contribution is 2.41. The van der Waals surface area contributed by atoms with Gasteiger partial charge in [-0.1, -0.05) is 26.8 Å². The Morgan fingerprint density at radius 1 is 1.12 bits per heavy atom. The predicted molar refractivity (Wildman–Crippen MR) is 125 cm³/mol. The van der Waals surface area contributed by atoms with Crippen LogP contribution in [0.3, 0.4) is 0 Å². The van der Waals surface area contributed by atoms with Gasteiger partial charge in [-0.15, -0.1) is 0 Å². The van der Waals surface area contributed by atoms with Crippen molar-refractivity contribution in [2.24, 2.45) is 11.1 Å². The minimum Gasteiger partial charge on any atom is -0.443 e. The minimum atomic E-state index is -0.868. The number of amides is 2. The molecule has 3 N–H and O–H groups in total. The van der Waals surface area contributed by atoms with Crippen LogP contribution in [-0.2, 0) is 14.3 Å². The molecule has 8 heteroatoms. The Hall–Kier alpha value is -3.68. The number of hydrogen-bond donors (Lipinski definition) is 2. The van der Waals surface area contributed by atoms with Crippen molar-refractivity contribution in [2.45, 2.75) is 47.1 Å². The van der Waals surface area contributed by atoms with Crippen LogP contribution in [0.4, 0.5) is 4.79 Å². The van der Waals surface area contributed by atoms with E-state index in [4.69, 9.17) is 10.5 Å². The number of imide groups is 1. The van der Waals surface area contributed by atoms with E-state index in [1.165, 1.54) is 0 Å². The molecule has 0 fully saturated rings. The van der Waals surface area contributed by atoms with Gasteiger partial charge in [0.05, 0.1) is 22.5 Å². The Morgan fingerprint density at radius 2 is 1.76 bits per heavy atom. The molecule has 0 atom stereocenters. The summed E-state index contributed by atoms with van der Waals surface area (Å²) in [5, 5.41) is 3.04. The highest BCUT2D eigenvalue weighted by atomic mass is 16.6. The molecule has 0 radical (unpaired) electrons. The number of allylic oxidation sites excluding steroid dienone is 1. The van der Waals surface area contributed by atoms with Gasteiger partial charge in [-0.25, -0.2) is 9.69 Å². The first-order valence-corrected chi connectivity index (χ1v) is 10.7. The molecule has 0 saturated heterocycles. The van der Waals surface area contributed by atoms with Crippen molar-refractivity contribution in [3.05, 3.63) is 70.9 Å². The Labute approximate surface area is 193 Å². The van der Waals surface area contributed by atoms with Gasteiger partial charge in [0.1, 0.15) is 5.60 Å². The molecule has 0 saturated carbocycles. The number of rotatable bonds is 3. The van der Waals surface area contributed by atoms with Crippen molar-refractivity contribution >= 4 is 23.5 Å². The largest absolute Gasteiger partial charge is 0.443 e. The maximum absolute atomic E-state index is 13.8. The molecular formula is C25H30N4O4. The molecule has 174 valence electrons. The first-order valence-electron chi connectivity index (χ1n) is 10.7. The molecule has 2 aliphatic rings. The number of aromatic nitrogens is 1. The molecule has 2 amide bonds. The summed E-state index contributed by atoms with van der Waals surface area (Å²) in [5.74, 6) is -1.01. The average Bonchev–Trinajstić information content (AvgIpc) is 3.04. The van der Waals surface area contributed by atoms with Crippen molar-refractivity contribution in [3.8, 4) is 0 Å². The number of ether oxygens (including phenoxy) is 1. The Balaban J connectivity index is 2.36. The van der Waals surface area contributed by atoms with Crippen LogP contribution in [0.5, 0.6) is 0 Å². The lowest BCUT2D eigenvalue weighted by Crippen LogP contribution is -2.38. The molecule has 1 aromatic heterocycles. The van der Waals surface area contributed by atoms with Crippen molar-refractivity contribution in [1.82, 2.24) is 15.2 Å². The molecule has 1 aromatic rings. The van der Waals surface area contributed by atoms with Gasteiger partial charge in [-0.2, -0.15) is 0 Å². The Kier molecular flexibility index (Phi) is 6.31. The summed E-state index contributed by atoms with van der Waals surface area (Å²) in [6.07, 6.45) is 7.44. The van der Waals surface area contributed by atoms with Gasteiger partial charge < -0.3 is 15.8 Å². The lowest BCUT2D eigenvalue weighted by Gasteiger charge is -2.26. The summed E-state index contributed by atoms with van der Waals surface area (Å²) >= 11 is 0. The zero-order valence-electron chi connectivity index (χ0n) is 19.9. The number of nitrogens with two attached hydrogens (primary N) is 1. The minimum absolute atomic E-state index is 0.0187. The molecule has 3 heterocycles. The van der Waals surface area contributed by atoms with Gasteiger partial charge in [0.15, 0.2) is 5.78 Å². The van der Waals surface area contributed by atoms with E-state index in [1.807, 2.05) is 6.08 Å². The monoisotopic (exact) mass is 450 g/mol. The van der Waals surface area contributed by atoms with E-state index >= 15 is 0 Å². The third-order valence-electron chi connectivity index (χ3n) is 4.97. The molecule has 0 unspecified atom stereocenters. The van der Waals surface area contributed by atoms with E-state index in [-0.39, 0.29) is 28.3 Å². The van der Waals surface area contributed by atoms with Crippen LogP contribution in [0.2, 0.25) is 0 Å². The van der Waals surface area contributed by atoms with Gasteiger partial charge in [0.2, 0.25) is 0 Å². The van der Waals surface area contributed by atoms with Crippen molar-refractivity contribution in [3.63, 3.8) is 0 Å². The summed E-state index contributed by atoms with van der Waals surface area (Å²) in [6, 6.07) is 3.29. The normalized spacial score (nSPS) is 18.2. The number of carbonyl (C=O) groups excluding carboxylic acids is 3. The lowest BCUT2D eigenvalue weighted by atomic mass is 9.82. The van der Waals surface area contributed by atoms with Crippen LogP contribution in [0.25, 0.3) is 5.70 Å². The number of dihydropyridines is 1. The molecule has 33 heavy (non-hydrogen) atoms. The fourth-order valence-corrected chi connectivity index (χ4v) is 3.46. The number of pyridine rings is 1. The number of nitrogens with one attached hydrogen (secondary N) is 1. The van der Waals surface area contributed by atoms with E-state index in [9.17, 15) is 14.4 Å². The molecule has 0 aromatic carbocycles. The SMILES string of the molecule is CC(C)(C)OC(=O)N1C(=O)/C(=C(/N)c2ccncc2)C(C(=O)C(C)(C)C)=C1C1=CCNC=C1. The summed E-state index contributed by atoms with van der Waals surface area (Å²) in [7, 11) is 0. The van der Waals surface area contributed by atoms with E-state index in [0.717, 1.165) is 4.90 Å². The van der Waals surface area contributed by atoms with Crippen LogP contribution in [0.1, 0.15) is 47.1 Å². The maximum atomic E-state index is 13.8. The molecule has 2 aliphatic heterocycles. The summed E-state index contributed by atoms with van der Waals surface area (Å²) in [5.41, 5.74) is 6.20. The second-order valence-corrected chi connectivity index (χ2v) is 9.85. The maximum Gasteiger partial charge on any atom is 0.422 e. The smallest absolute Gasteiger partial charge is 0.422 e.